The zero-order chi connectivity index (χ0) is 13.2. The van der Waals surface area contributed by atoms with Crippen molar-refractivity contribution in [3.8, 4) is 0 Å². The highest BCUT2D eigenvalue weighted by atomic mass is 19.1. The first kappa shape index (κ1) is 13.0. The van der Waals surface area contributed by atoms with Crippen molar-refractivity contribution in [1.82, 2.24) is 10.3 Å². The number of aromatic nitrogens is 1. The van der Waals surface area contributed by atoms with Crippen LogP contribution in [0.15, 0.2) is 30.5 Å². The summed E-state index contributed by atoms with van der Waals surface area (Å²) < 4.78 is 13.5. The Balaban J connectivity index is 2.22. The van der Waals surface area contributed by atoms with Crippen molar-refractivity contribution >= 4 is 10.9 Å². The molecule has 0 unspecified atom stereocenters. The van der Waals surface area contributed by atoms with E-state index in [1.165, 1.54) is 6.07 Å². The topological polar surface area (TPSA) is 24.9 Å². The van der Waals surface area contributed by atoms with Gasteiger partial charge in [-0.05, 0) is 57.5 Å². The van der Waals surface area contributed by atoms with Gasteiger partial charge in [0.25, 0.3) is 0 Å². The Bertz CT molecular complexity index is 544. The maximum Gasteiger partial charge on any atom is 0.124 e. The van der Waals surface area contributed by atoms with Crippen molar-refractivity contribution in [2.75, 3.05) is 6.54 Å². The number of fused-ring (bicyclic) bond motifs is 1. The van der Waals surface area contributed by atoms with Crippen LogP contribution in [0.25, 0.3) is 10.9 Å². The Morgan fingerprint density at radius 3 is 2.78 bits per heavy atom. The summed E-state index contributed by atoms with van der Waals surface area (Å²) in [5.74, 6) is -0.193. The van der Waals surface area contributed by atoms with E-state index in [9.17, 15) is 4.39 Å². The molecule has 1 aromatic carbocycles. The van der Waals surface area contributed by atoms with Crippen molar-refractivity contribution in [3.05, 3.63) is 41.8 Å². The standard InChI is InChI=1S/C15H19FN2/c1-15(2,3)18-8-6-12-10-13(16)9-11-5-4-7-17-14(11)12/h4-5,7,9-10,18H,6,8H2,1-3H3. The molecule has 1 N–H and O–H groups in total. The Morgan fingerprint density at radius 2 is 2.06 bits per heavy atom. The number of hydrogen-bond acceptors (Lipinski definition) is 2. The number of benzene rings is 1. The van der Waals surface area contributed by atoms with Crippen LogP contribution in [0, 0.1) is 5.82 Å². The molecule has 1 heterocycles. The highest BCUT2D eigenvalue weighted by molar-refractivity contribution is 5.81. The van der Waals surface area contributed by atoms with E-state index in [4.69, 9.17) is 0 Å². The summed E-state index contributed by atoms with van der Waals surface area (Å²) in [5, 5.41) is 4.27. The fraction of sp³-hybridized carbons (Fsp3) is 0.400. The molecule has 0 spiro atoms. The summed E-state index contributed by atoms with van der Waals surface area (Å²) in [6, 6.07) is 6.84. The highest BCUT2D eigenvalue weighted by Crippen LogP contribution is 2.18. The smallest absolute Gasteiger partial charge is 0.124 e. The Kier molecular flexibility index (Phi) is 3.62. The van der Waals surface area contributed by atoms with Crippen LogP contribution >= 0.6 is 0 Å². The highest BCUT2D eigenvalue weighted by Gasteiger charge is 2.09. The Labute approximate surface area is 107 Å². The van der Waals surface area contributed by atoms with Gasteiger partial charge in [-0.3, -0.25) is 4.98 Å². The van der Waals surface area contributed by atoms with Gasteiger partial charge in [-0.2, -0.15) is 0 Å². The van der Waals surface area contributed by atoms with Gasteiger partial charge in [-0.25, -0.2) is 4.39 Å². The molecule has 96 valence electrons. The quantitative estimate of drug-likeness (QED) is 0.898. The van der Waals surface area contributed by atoms with E-state index in [1.54, 1.807) is 12.3 Å². The van der Waals surface area contributed by atoms with Crippen LogP contribution in [0.2, 0.25) is 0 Å². The molecule has 0 atom stereocenters. The minimum Gasteiger partial charge on any atom is -0.312 e. The molecule has 0 aliphatic heterocycles. The molecule has 2 aromatic rings. The lowest BCUT2D eigenvalue weighted by molar-refractivity contribution is 0.429. The Morgan fingerprint density at radius 1 is 1.28 bits per heavy atom. The lowest BCUT2D eigenvalue weighted by atomic mass is 10.0. The predicted octanol–water partition coefficient (Wildman–Crippen LogP) is 3.30. The van der Waals surface area contributed by atoms with Crippen molar-refractivity contribution in [1.29, 1.82) is 0 Å². The van der Waals surface area contributed by atoms with Gasteiger partial charge in [-0.1, -0.05) is 6.07 Å². The molecule has 1 aromatic heterocycles. The van der Waals surface area contributed by atoms with Crippen molar-refractivity contribution in [2.24, 2.45) is 0 Å². The molecular formula is C15H19FN2. The first-order chi connectivity index (χ1) is 8.46. The van der Waals surface area contributed by atoms with E-state index in [1.807, 2.05) is 12.1 Å². The van der Waals surface area contributed by atoms with E-state index < -0.39 is 0 Å². The second-order valence-electron chi connectivity index (χ2n) is 5.57. The van der Waals surface area contributed by atoms with Crippen LogP contribution in [0.3, 0.4) is 0 Å². The van der Waals surface area contributed by atoms with Crippen LogP contribution in [0.4, 0.5) is 4.39 Å². The third-order valence-electron chi connectivity index (χ3n) is 2.80. The lowest BCUT2D eigenvalue weighted by Gasteiger charge is -2.20. The van der Waals surface area contributed by atoms with Crippen molar-refractivity contribution < 1.29 is 4.39 Å². The monoisotopic (exact) mass is 246 g/mol. The largest absolute Gasteiger partial charge is 0.312 e. The maximum atomic E-state index is 13.5. The lowest BCUT2D eigenvalue weighted by Crippen LogP contribution is -2.37. The average molecular weight is 246 g/mol. The average Bonchev–Trinajstić information content (AvgIpc) is 2.27. The molecule has 0 fully saturated rings. The molecule has 0 aliphatic rings. The van der Waals surface area contributed by atoms with Crippen LogP contribution in [0.1, 0.15) is 26.3 Å². The molecule has 0 radical (unpaired) electrons. The molecule has 2 nitrogen and oxygen atoms in total. The van der Waals surface area contributed by atoms with Crippen molar-refractivity contribution in [3.63, 3.8) is 0 Å². The van der Waals surface area contributed by atoms with Crippen molar-refractivity contribution in [2.45, 2.75) is 32.7 Å². The van der Waals surface area contributed by atoms with Gasteiger partial charge < -0.3 is 5.32 Å². The van der Waals surface area contributed by atoms with Gasteiger partial charge in [0.2, 0.25) is 0 Å². The third kappa shape index (κ3) is 3.26. The SMILES string of the molecule is CC(C)(C)NCCc1cc(F)cc2cccnc12. The molecule has 2 rings (SSSR count). The van der Waals surface area contributed by atoms with Gasteiger partial charge in [0.05, 0.1) is 5.52 Å². The summed E-state index contributed by atoms with van der Waals surface area (Å²) in [7, 11) is 0. The van der Waals surface area contributed by atoms with Gasteiger partial charge in [0, 0.05) is 17.1 Å². The molecule has 0 aliphatic carbocycles. The normalized spacial score (nSPS) is 12.0. The van der Waals surface area contributed by atoms with E-state index in [-0.39, 0.29) is 11.4 Å². The van der Waals surface area contributed by atoms with Crippen LogP contribution < -0.4 is 5.32 Å². The summed E-state index contributed by atoms with van der Waals surface area (Å²) in [5.41, 5.74) is 1.94. The predicted molar refractivity (Wildman–Crippen MR) is 73.2 cm³/mol. The van der Waals surface area contributed by atoms with Crippen LogP contribution in [-0.4, -0.2) is 17.1 Å². The number of hydrogen-bond donors (Lipinski definition) is 1. The van der Waals surface area contributed by atoms with Crippen LogP contribution in [-0.2, 0) is 6.42 Å². The molecule has 0 saturated heterocycles. The minimum atomic E-state index is -0.193. The maximum absolute atomic E-state index is 13.5. The second kappa shape index (κ2) is 5.02. The first-order valence-electron chi connectivity index (χ1n) is 6.24. The molecule has 18 heavy (non-hydrogen) atoms. The second-order valence-corrected chi connectivity index (χ2v) is 5.57. The number of nitrogens with one attached hydrogen (secondary N) is 1. The number of halogens is 1. The molecular weight excluding hydrogens is 227 g/mol. The Hall–Kier alpha value is -1.48. The summed E-state index contributed by atoms with van der Waals surface area (Å²) >= 11 is 0. The van der Waals surface area contributed by atoms with Gasteiger partial charge >= 0.3 is 0 Å². The van der Waals surface area contributed by atoms with Gasteiger partial charge in [0.1, 0.15) is 5.82 Å². The summed E-state index contributed by atoms with van der Waals surface area (Å²) in [6.45, 7) is 7.18. The van der Waals surface area contributed by atoms with E-state index in [0.29, 0.717) is 0 Å². The summed E-state index contributed by atoms with van der Waals surface area (Å²) in [6.07, 6.45) is 2.53. The van der Waals surface area contributed by atoms with E-state index in [2.05, 4.69) is 31.1 Å². The van der Waals surface area contributed by atoms with E-state index >= 15 is 0 Å². The number of rotatable bonds is 3. The molecule has 0 saturated carbocycles. The zero-order valence-electron chi connectivity index (χ0n) is 11.1. The third-order valence-corrected chi connectivity index (χ3v) is 2.80. The fourth-order valence-electron chi connectivity index (χ4n) is 1.99. The minimum absolute atomic E-state index is 0.0799. The number of pyridine rings is 1. The van der Waals surface area contributed by atoms with Gasteiger partial charge in [-0.15, -0.1) is 0 Å². The zero-order valence-corrected chi connectivity index (χ0v) is 11.1. The fourth-order valence-corrected chi connectivity index (χ4v) is 1.99. The molecule has 0 bridgehead atoms. The van der Waals surface area contributed by atoms with Crippen LogP contribution in [0.5, 0.6) is 0 Å². The number of nitrogens with zero attached hydrogens (tertiary/aromatic N) is 1. The van der Waals surface area contributed by atoms with Gasteiger partial charge in [0.15, 0.2) is 0 Å². The summed E-state index contributed by atoms with van der Waals surface area (Å²) in [4.78, 5) is 4.34. The first-order valence-corrected chi connectivity index (χ1v) is 6.24. The molecule has 0 amide bonds. The molecule has 3 heteroatoms. The van der Waals surface area contributed by atoms with E-state index in [0.717, 1.165) is 29.4 Å².